The molecule has 0 amide bonds. The summed E-state index contributed by atoms with van der Waals surface area (Å²) in [6.45, 7) is 1.37. The number of rotatable bonds is 4. The van der Waals surface area contributed by atoms with E-state index in [1.54, 1.807) is 0 Å². The van der Waals surface area contributed by atoms with Crippen LogP contribution >= 0.6 is 12.6 Å². The van der Waals surface area contributed by atoms with Crippen LogP contribution in [0.3, 0.4) is 0 Å². The van der Waals surface area contributed by atoms with E-state index in [1.807, 2.05) is 0 Å². The molecule has 0 aliphatic carbocycles. The Morgan fingerprint density at radius 1 is 1.60 bits per heavy atom. The van der Waals surface area contributed by atoms with Crippen molar-refractivity contribution in [2.75, 3.05) is 5.75 Å². The van der Waals surface area contributed by atoms with E-state index in [2.05, 4.69) is 12.6 Å². The van der Waals surface area contributed by atoms with Crippen molar-refractivity contribution in [2.45, 2.75) is 13.3 Å². The van der Waals surface area contributed by atoms with Crippen molar-refractivity contribution < 1.29 is 14.7 Å². The summed E-state index contributed by atoms with van der Waals surface area (Å²) in [5.41, 5.74) is 0. The van der Waals surface area contributed by atoms with Gasteiger partial charge in [-0.2, -0.15) is 12.6 Å². The van der Waals surface area contributed by atoms with E-state index in [4.69, 9.17) is 5.11 Å². The van der Waals surface area contributed by atoms with Crippen LogP contribution in [-0.4, -0.2) is 22.6 Å². The van der Waals surface area contributed by atoms with Crippen molar-refractivity contribution in [1.82, 2.24) is 0 Å². The predicted molar refractivity (Wildman–Crippen MR) is 40.3 cm³/mol. The molecule has 0 aliphatic heterocycles. The van der Waals surface area contributed by atoms with Gasteiger partial charge in [0.2, 0.25) is 0 Å². The van der Waals surface area contributed by atoms with E-state index >= 15 is 0 Å². The van der Waals surface area contributed by atoms with Gasteiger partial charge in [-0.05, 0) is 6.92 Å². The third-order valence-corrected chi connectivity index (χ3v) is 1.54. The van der Waals surface area contributed by atoms with Gasteiger partial charge in [-0.3, -0.25) is 4.79 Å². The molecule has 0 radical (unpaired) electrons. The Morgan fingerprint density at radius 2 is 2.10 bits per heavy atom. The smallest absolute Gasteiger partial charge is 0.307 e. The first-order valence-corrected chi connectivity index (χ1v) is 3.54. The molecule has 0 aliphatic rings. The van der Waals surface area contributed by atoms with Gasteiger partial charge < -0.3 is 9.90 Å². The average Bonchev–Trinajstić information content (AvgIpc) is 1.81. The molecule has 0 saturated heterocycles. The standard InChI is InChI=1S/C6H10O3S/c1-4(7)2-5(3-10)6(8)9/h5,10H,2-3H2,1H3,(H,8,9)/t5-/m0/s1. The molecular weight excluding hydrogens is 152 g/mol. The number of carboxylic acid groups (broad SMARTS) is 1. The molecule has 0 aromatic carbocycles. The second kappa shape index (κ2) is 4.33. The lowest BCUT2D eigenvalue weighted by Crippen LogP contribution is -2.18. The highest BCUT2D eigenvalue weighted by atomic mass is 32.1. The molecule has 3 nitrogen and oxygen atoms in total. The zero-order valence-corrected chi connectivity index (χ0v) is 6.60. The van der Waals surface area contributed by atoms with Gasteiger partial charge in [0.15, 0.2) is 0 Å². The van der Waals surface area contributed by atoms with E-state index in [0.717, 1.165) is 0 Å². The maximum absolute atomic E-state index is 10.4. The second-order valence-corrected chi connectivity index (χ2v) is 2.49. The van der Waals surface area contributed by atoms with Crippen molar-refractivity contribution in [3.63, 3.8) is 0 Å². The van der Waals surface area contributed by atoms with Crippen LogP contribution in [-0.2, 0) is 9.59 Å². The molecule has 4 heteroatoms. The summed E-state index contributed by atoms with van der Waals surface area (Å²) >= 11 is 3.80. The molecule has 0 unspecified atom stereocenters. The van der Waals surface area contributed by atoms with E-state index < -0.39 is 11.9 Å². The molecule has 0 bridgehead atoms. The zero-order valence-electron chi connectivity index (χ0n) is 5.70. The topological polar surface area (TPSA) is 54.4 Å². The summed E-state index contributed by atoms with van der Waals surface area (Å²) in [6.07, 6.45) is 0.0822. The van der Waals surface area contributed by atoms with Crippen molar-refractivity contribution in [3.05, 3.63) is 0 Å². The monoisotopic (exact) mass is 162 g/mol. The Balaban J connectivity index is 3.83. The quantitative estimate of drug-likeness (QED) is 0.595. The Bertz CT molecular complexity index is 144. The first-order valence-electron chi connectivity index (χ1n) is 2.91. The Labute approximate surface area is 64.8 Å². The van der Waals surface area contributed by atoms with Gasteiger partial charge in [0.1, 0.15) is 5.78 Å². The summed E-state index contributed by atoms with van der Waals surface area (Å²) in [6, 6.07) is 0. The van der Waals surface area contributed by atoms with Crippen LogP contribution in [0.25, 0.3) is 0 Å². The summed E-state index contributed by atoms with van der Waals surface area (Å²) in [4.78, 5) is 20.7. The average molecular weight is 162 g/mol. The first kappa shape index (κ1) is 9.49. The highest BCUT2D eigenvalue weighted by Gasteiger charge is 2.16. The molecule has 0 fully saturated rings. The fraction of sp³-hybridized carbons (Fsp3) is 0.667. The lowest BCUT2D eigenvalue weighted by atomic mass is 10.1. The maximum atomic E-state index is 10.4. The van der Waals surface area contributed by atoms with Gasteiger partial charge in [0.25, 0.3) is 0 Å². The third-order valence-electron chi connectivity index (χ3n) is 1.10. The zero-order chi connectivity index (χ0) is 8.15. The van der Waals surface area contributed by atoms with Crippen LogP contribution < -0.4 is 0 Å². The van der Waals surface area contributed by atoms with Gasteiger partial charge in [-0.15, -0.1) is 0 Å². The summed E-state index contributed by atoms with van der Waals surface area (Å²) in [5, 5.41) is 8.42. The fourth-order valence-electron chi connectivity index (χ4n) is 0.577. The van der Waals surface area contributed by atoms with Crippen molar-refractivity contribution in [3.8, 4) is 0 Å². The molecule has 0 heterocycles. The van der Waals surface area contributed by atoms with E-state index in [-0.39, 0.29) is 18.0 Å². The molecule has 58 valence electrons. The van der Waals surface area contributed by atoms with E-state index in [9.17, 15) is 9.59 Å². The minimum atomic E-state index is -0.954. The van der Waals surface area contributed by atoms with E-state index in [0.29, 0.717) is 0 Å². The molecule has 0 aromatic heterocycles. The third kappa shape index (κ3) is 3.50. The van der Waals surface area contributed by atoms with Crippen LogP contribution in [0.1, 0.15) is 13.3 Å². The molecule has 10 heavy (non-hydrogen) atoms. The number of aliphatic carboxylic acids is 1. The Kier molecular flexibility index (Phi) is 4.11. The Morgan fingerprint density at radius 3 is 2.20 bits per heavy atom. The summed E-state index contributed by atoms with van der Waals surface area (Å²) in [7, 11) is 0. The lowest BCUT2D eigenvalue weighted by Gasteiger charge is -2.04. The summed E-state index contributed by atoms with van der Waals surface area (Å²) < 4.78 is 0. The van der Waals surface area contributed by atoms with Crippen LogP contribution in [0.4, 0.5) is 0 Å². The van der Waals surface area contributed by atoms with Crippen LogP contribution in [0, 0.1) is 5.92 Å². The minimum Gasteiger partial charge on any atom is -0.481 e. The maximum Gasteiger partial charge on any atom is 0.307 e. The summed E-state index contributed by atoms with van der Waals surface area (Å²) in [5.74, 6) is -1.47. The predicted octanol–water partition coefficient (Wildman–Crippen LogP) is 0.596. The molecule has 0 saturated carbocycles. The molecule has 1 atom stereocenters. The largest absolute Gasteiger partial charge is 0.481 e. The van der Waals surface area contributed by atoms with Crippen LogP contribution in [0.15, 0.2) is 0 Å². The Hall–Kier alpha value is -0.510. The van der Waals surface area contributed by atoms with Gasteiger partial charge in [0.05, 0.1) is 5.92 Å². The fourth-order valence-corrected chi connectivity index (χ4v) is 0.862. The molecule has 0 rings (SSSR count). The normalized spacial score (nSPS) is 12.6. The van der Waals surface area contributed by atoms with Crippen molar-refractivity contribution in [2.24, 2.45) is 5.92 Å². The second-order valence-electron chi connectivity index (χ2n) is 2.12. The molecule has 0 aromatic rings. The number of carbonyl (C=O) groups is 2. The first-order chi connectivity index (χ1) is 4.57. The van der Waals surface area contributed by atoms with Crippen molar-refractivity contribution >= 4 is 24.4 Å². The van der Waals surface area contributed by atoms with E-state index in [1.165, 1.54) is 6.92 Å². The molecular formula is C6H10O3S. The number of ketones is 1. The molecule has 1 N–H and O–H groups in total. The number of carboxylic acids is 1. The molecule has 0 spiro atoms. The number of hydrogen-bond acceptors (Lipinski definition) is 3. The lowest BCUT2D eigenvalue weighted by molar-refractivity contribution is -0.142. The van der Waals surface area contributed by atoms with Gasteiger partial charge >= 0.3 is 5.97 Å². The number of carbonyl (C=O) groups excluding carboxylic acids is 1. The number of hydrogen-bond donors (Lipinski definition) is 2. The number of Topliss-reactive ketones (excluding diaryl/α,β-unsaturated/α-hetero) is 1. The van der Waals surface area contributed by atoms with Gasteiger partial charge in [-0.1, -0.05) is 0 Å². The highest BCUT2D eigenvalue weighted by Crippen LogP contribution is 2.05. The minimum absolute atomic E-state index is 0.0822. The van der Waals surface area contributed by atoms with Crippen molar-refractivity contribution in [1.29, 1.82) is 0 Å². The van der Waals surface area contributed by atoms with Crippen LogP contribution in [0.2, 0.25) is 0 Å². The number of thiol groups is 1. The highest BCUT2D eigenvalue weighted by molar-refractivity contribution is 7.80. The van der Waals surface area contributed by atoms with Crippen LogP contribution in [0.5, 0.6) is 0 Å². The van der Waals surface area contributed by atoms with Gasteiger partial charge in [0, 0.05) is 12.2 Å². The SMILES string of the molecule is CC(=O)C[C@@H](CS)C(=O)O. The van der Waals surface area contributed by atoms with Gasteiger partial charge in [-0.25, -0.2) is 0 Å².